The van der Waals surface area contributed by atoms with E-state index in [2.05, 4.69) is 20.6 Å². The van der Waals surface area contributed by atoms with Crippen LogP contribution in [0.1, 0.15) is 20.8 Å². The highest BCUT2D eigenvalue weighted by Crippen LogP contribution is 2.22. The van der Waals surface area contributed by atoms with Crippen molar-refractivity contribution in [2.45, 2.75) is 0 Å². The van der Waals surface area contributed by atoms with Crippen molar-refractivity contribution in [3.8, 4) is 0 Å². The molecule has 2 rings (SSSR count). The van der Waals surface area contributed by atoms with E-state index in [1.54, 1.807) is 6.07 Å². The summed E-state index contributed by atoms with van der Waals surface area (Å²) in [6.07, 6.45) is 2.76. The van der Waals surface area contributed by atoms with E-state index in [-0.39, 0.29) is 30.5 Å². The molecule has 0 spiro atoms. The van der Waals surface area contributed by atoms with Crippen molar-refractivity contribution in [3.05, 3.63) is 51.9 Å². The van der Waals surface area contributed by atoms with Gasteiger partial charge in [-0.05, 0) is 18.2 Å². The number of anilines is 1. The normalized spacial score (nSPS) is 10.2. The fraction of sp³-hybridized carbons (Fsp3) is 0.143. The molecule has 1 aromatic carbocycles. The van der Waals surface area contributed by atoms with Crippen molar-refractivity contribution in [1.29, 1.82) is 0 Å². The molecule has 0 bridgehead atoms. The maximum Gasteiger partial charge on any atom is 0.273 e. The fourth-order valence-corrected chi connectivity index (χ4v) is 2.00. The molecular weight excluding hydrogens is 341 g/mol. The van der Waals surface area contributed by atoms with Gasteiger partial charge in [0, 0.05) is 31.0 Å². The molecule has 9 heteroatoms. The summed E-state index contributed by atoms with van der Waals surface area (Å²) >= 11 is 11.6. The molecule has 2 aromatic rings. The topological polar surface area (TPSA) is 110 Å². The first-order valence-electron chi connectivity index (χ1n) is 6.57. The minimum atomic E-state index is -0.459. The van der Waals surface area contributed by atoms with Gasteiger partial charge in [-0.1, -0.05) is 23.2 Å². The van der Waals surface area contributed by atoms with E-state index in [9.17, 15) is 9.59 Å². The molecule has 0 unspecified atom stereocenters. The van der Waals surface area contributed by atoms with Crippen LogP contribution in [0.25, 0.3) is 0 Å². The smallest absolute Gasteiger partial charge is 0.273 e. The number of nitrogens with two attached hydrogens (primary N) is 1. The Morgan fingerprint density at radius 1 is 1.00 bits per heavy atom. The Bertz CT molecular complexity index is 739. The van der Waals surface area contributed by atoms with E-state index in [4.69, 9.17) is 28.9 Å². The number of amides is 2. The Kier molecular flexibility index (Phi) is 5.72. The molecule has 0 atom stereocenters. The minimum Gasteiger partial charge on any atom is -0.382 e. The second-order valence-electron chi connectivity index (χ2n) is 4.43. The number of benzene rings is 1. The standard InChI is InChI=1S/C14H13Cl2N5O2/c15-9-2-1-8(7-10(9)16)13(22)20-5-6-21-14(23)11-12(17)19-4-3-18-11/h1-4,7H,5-6H2,(H2,17,19)(H,20,22)(H,21,23). The van der Waals surface area contributed by atoms with Crippen LogP contribution in [-0.2, 0) is 0 Å². The fourth-order valence-electron chi connectivity index (χ4n) is 1.70. The number of carbonyl (C=O) groups is 2. The summed E-state index contributed by atoms with van der Waals surface area (Å²) in [7, 11) is 0. The number of aromatic nitrogens is 2. The summed E-state index contributed by atoms with van der Waals surface area (Å²) in [6, 6.07) is 4.57. The van der Waals surface area contributed by atoms with Crippen molar-refractivity contribution in [3.63, 3.8) is 0 Å². The summed E-state index contributed by atoms with van der Waals surface area (Å²) in [5, 5.41) is 5.90. The van der Waals surface area contributed by atoms with Gasteiger partial charge in [0.25, 0.3) is 11.8 Å². The van der Waals surface area contributed by atoms with Crippen LogP contribution < -0.4 is 16.4 Å². The van der Waals surface area contributed by atoms with Crippen LogP contribution in [-0.4, -0.2) is 34.9 Å². The quantitative estimate of drug-likeness (QED) is 0.706. The average molecular weight is 354 g/mol. The van der Waals surface area contributed by atoms with Crippen LogP contribution in [0, 0.1) is 0 Å². The van der Waals surface area contributed by atoms with E-state index in [0.717, 1.165) is 0 Å². The molecule has 0 aliphatic rings. The van der Waals surface area contributed by atoms with Crippen LogP contribution in [0.5, 0.6) is 0 Å². The highest BCUT2D eigenvalue weighted by atomic mass is 35.5. The number of hydrogen-bond acceptors (Lipinski definition) is 5. The SMILES string of the molecule is Nc1nccnc1C(=O)NCCNC(=O)c1ccc(Cl)c(Cl)c1. The lowest BCUT2D eigenvalue weighted by Gasteiger charge is -2.08. The Balaban J connectivity index is 1.81. The van der Waals surface area contributed by atoms with Gasteiger partial charge in [-0.25, -0.2) is 9.97 Å². The maximum atomic E-state index is 11.9. The van der Waals surface area contributed by atoms with Crippen LogP contribution >= 0.6 is 23.2 Å². The predicted molar refractivity (Wildman–Crippen MR) is 87.6 cm³/mol. The molecule has 4 N–H and O–H groups in total. The number of nitrogens with zero attached hydrogens (tertiary/aromatic N) is 2. The number of rotatable bonds is 5. The molecule has 0 saturated heterocycles. The van der Waals surface area contributed by atoms with Crippen molar-refractivity contribution < 1.29 is 9.59 Å². The van der Waals surface area contributed by atoms with Crippen molar-refractivity contribution in [1.82, 2.24) is 20.6 Å². The lowest BCUT2D eigenvalue weighted by Crippen LogP contribution is -2.35. The Hall–Kier alpha value is -2.38. The van der Waals surface area contributed by atoms with Gasteiger partial charge in [-0.3, -0.25) is 9.59 Å². The van der Waals surface area contributed by atoms with Crippen LogP contribution in [0.15, 0.2) is 30.6 Å². The monoisotopic (exact) mass is 353 g/mol. The van der Waals surface area contributed by atoms with Gasteiger partial charge in [0.2, 0.25) is 0 Å². The Labute approximate surface area is 142 Å². The molecule has 2 amide bonds. The third-order valence-corrected chi connectivity index (χ3v) is 3.56. The lowest BCUT2D eigenvalue weighted by atomic mass is 10.2. The van der Waals surface area contributed by atoms with Gasteiger partial charge >= 0.3 is 0 Å². The van der Waals surface area contributed by atoms with E-state index >= 15 is 0 Å². The zero-order valence-electron chi connectivity index (χ0n) is 11.8. The van der Waals surface area contributed by atoms with Crippen LogP contribution in [0.4, 0.5) is 5.82 Å². The second-order valence-corrected chi connectivity index (χ2v) is 5.25. The molecule has 0 radical (unpaired) electrons. The number of hydrogen-bond donors (Lipinski definition) is 3. The Morgan fingerprint density at radius 3 is 2.30 bits per heavy atom. The summed E-state index contributed by atoms with van der Waals surface area (Å²) in [4.78, 5) is 31.3. The molecule has 0 saturated carbocycles. The van der Waals surface area contributed by atoms with Crippen molar-refractivity contribution >= 4 is 40.8 Å². The third kappa shape index (κ3) is 4.54. The maximum absolute atomic E-state index is 11.9. The van der Waals surface area contributed by atoms with E-state index in [1.807, 2.05) is 0 Å². The zero-order valence-corrected chi connectivity index (χ0v) is 13.4. The summed E-state index contributed by atoms with van der Waals surface area (Å²) in [6.45, 7) is 0.437. The minimum absolute atomic E-state index is 0.0447. The average Bonchev–Trinajstić information content (AvgIpc) is 2.54. The molecule has 0 fully saturated rings. The van der Waals surface area contributed by atoms with Crippen molar-refractivity contribution in [2.75, 3.05) is 18.8 Å². The van der Waals surface area contributed by atoms with E-state index in [0.29, 0.717) is 15.6 Å². The summed E-state index contributed by atoms with van der Waals surface area (Å²) in [5.74, 6) is -0.735. The first-order chi connectivity index (χ1) is 11.0. The molecule has 120 valence electrons. The van der Waals surface area contributed by atoms with E-state index in [1.165, 1.54) is 24.5 Å². The first kappa shape index (κ1) is 17.0. The first-order valence-corrected chi connectivity index (χ1v) is 7.32. The van der Waals surface area contributed by atoms with Gasteiger partial charge < -0.3 is 16.4 Å². The van der Waals surface area contributed by atoms with Gasteiger partial charge in [0.15, 0.2) is 11.5 Å². The molecule has 1 heterocycles. The number of carbonyl (C=O) groups excluding carboxylic acids is 2. The zero-order chi connectivity index (χ0) is 16.8. The molecule has 7 nitrogen and oxygen atoms in total. The van der Waals surface area contributed by atoms with Gasteiger partial charge in [0.1, 0.15) is 0 Å². The van der Waals surface area contributed by atoms with Gasteiger partial charge in [-0.15, -0.1) is 0 Å². The van der Waals surface area contributed by atoms with Crippen molar-refractivity contribution in [2.24, 2.45) is 0 Å². The molecule has 23 heavy (non-hydrogen) atoms. The third-order valence-electron chi connectivity index (χ3n) is 2.82. The van der Waals surface area contributed by atoms with E-state index < -0.39 is 5.91 Å². The van der Waals surface area contributed by atoms with Crippen LogP contribution in [0.3, 0.4) is 0 Å². The number of nitrogen functional groups attached to an aromatic ring is 1. The highest BCUT2D eigenvalue weighted by Gasteiger charge is 2.11. The molecule has 0 aliphatic heterocycles. The van der Waals surface area contributed by atoms with Gasteiger partial charge in [-0.2, -0.15) is 0 Å². The second kappa shape index (κ2) is 7.75. The molecular formula is C14H13Cl2N5O2. The van der Waals surface area contributed by atoms with Crippen LogP contribution in [0.2, 0.25) is 10.0 Å². The largest absolute Gasteiger partial charge is 0.382 e. The van der Waals surface area contributed by atoms with Gasteiger partial charge in [0.05, 0.1) is 10.0 Å². The Morgan fingerprint density at radius 2 is 1.65 bits per heavy atom. The molecule has 0 aliphatic carbocycles. The lowest BCUT2D eigenvalue weighted by molar-refractivity contribution is 0.0925. The number of nitrogens with one attached hydrogen (secondary N) is 2. The predicted octanol–water partition coefficient (Wildman–Crippen LogP) is 1.53. The molecule has 1 aromatic heterocycles. The summed E-state index contributed by atoms with van der Waals surface area (Å²) in [5.41, 5.74) is 5.97. The highest BCUT2D eigenvalue weighted by molar-refractivity contribution is 6.42. The summed E-state index contributed by atoms with van der Waals surface area (Å²) < 4.78 is 0. The number of halogens is 2.